The largest absolute Gasteiger partial charge is 0.466 e. The molecule has 4 nitrogen and oxygen atoms in total. The van der Waals surface area contributed by atoms with E-state index in [0.717, 1.165) is 5.69 Å². The van der Waals surface area contributed by atoms with Crippen LogP contribution >= 0.6 is 0 Å². The van der Waals surface area contributed by atoms with Crippen molar-refractivity contribution < 1.29 is 9.53 Å². The average Bonchev–Trinajstić information content (AvgIpc) is 2.78. The second-order valence-corrected chi connectivity index (χ2v) is 3.97. The van der Waals surface area contributed by atoms with Crippen LogP contribution in [0.1, 0.15) is 18.2 Å². The van der Waals surface area contributed by atoms with Gasteiger partial charge in [0.1, 0.15) is 0 Å². The Morgan fingerprint density at radius 1 is 1.28 bits per heavy atom. The fraction of sp³-hybridized carbons (Fsp3) is 0.286. The minimum Gasteiger partial charge on any atom is -0.466 e. The van der Waals surface area contributed by atoms with Crippen molar-refractivity contribution in [1.29, 1.82) is 0 Å². The van der Waals surface area contributed by atoms with Gasteiger partial charge in [-0.1, -0.05) is 30.3 Å². The molecule has 0 saturated heterocycles. The minimum absolute atomic E-state index is 0.232. The smallest absolute Gasteiger partial charge is 0.311 e. The molecule has 0 radical (unpaired) electrons. The van der Waals surface area contributed by atoms with Gasteiger partial charge in [-0.15, -0.1) is 0 Å². The summed E-state index contributed by atoms with van der Waals surface area (Å²) in [6.07, 6.45) is 2.11. The second kappa shape index (κ2) is 6.00. The highest BCUT2D eigenvalue weighted by Crippen LogP contribution is 2.04. The van der Waals surface area contributed by atoms with Crippen LogP contribution in [-0.2, 0) is 22.5 Å². The molecule has 1 aromatic carbocycles. The van der Waals surface area contributed by atoms with E-state index in [1.807, 2.05) is 47.3 Å². The Hall–Kier alpha value is -2.10. The molecule has 94 valence electrons. The van der Waals surface area contributed by atoms with Crippen molar-refractivity contribution >= 4 is 5.97 Å². The number of rotatable bonds is 5. The molecule has 0 saturated carbocycles. The van der Waals surface area contributed by atoms with E-state index in [1.165, 1.54) is 5.56 Å². The molecule has 2 aromatic rings. The SMILES string of the molecule is CCOC(=O)Cc1ccn(Cc2ccccc2)n1. The van der Waals surface area contributed by atoms with Crippen LogP contribution in [0.25, 0.3) is 0 Å². The Bertz CT molecular complexity index is 506. The number of hydrogen-bond acceptors (Lipinski definition) is 3. The van der Waals surface area contributed by atoms with Crippen LogP contribution in [0.5, 0.6) is 0 Å². The first-order chi connectivity index (χ1) is 8.78. The van der Waals surface area contributed by atoms with E-state index in [-0.39, 0.29) is 12.4 Å². The molecule has 0 N–H and O–H groups in total. The summed E-state index contributed by atoms with van der Waals surface area (Å²) in [5.41, 5.74) is 1.92. The molecule has 2 rings (SSSR count). The Kier molecular flexibility index (Phi) is 4.12. The Morgan fingerprint density at radius 2 is 2.06 bits per heavy atom. The van der Waals surface area contributed by atoms with Crippen LogP contribution in [0.4, 0.5) is 0 Å². The molecule has 0 amide bonds. The molecule has 0 aliphatic heterocycles. The van der Waals surface area contributed by atoms with E-state index < -0.39 is 0 Å². The molecular formula is C14H16N2O2. The van der Waals surface area contributed by atoms with Crippen molar-refractivity contribution in [1.82, 2.24) is 9.78 Å². The first-order valence-electron chi connectivity index (χ1n) is 6.00. The molecule has 0 spiro atoms. The Balaban J connectivity index is 1.96. The zero-order valence-electron chi connectivity index (χ0n) is 10.4. The zero-order chi connectivity index (χ0) is 12.8. The minimum atomic E-state index is -0.234. The van der Waals surface area contributed by atoms with Gasteiger partial charge in [-0.3, -0.25) is 9.48 Å². The second-order valence-electron chi connectivity index (χ2n) is 3.97. The van der Waals surface area contributed by atoms with Crippen LogP contribution in [0.15, 0.2) is 42.6 Å². The van der Waals surface area contributed by atoms with E-state index in [4.69, 9.17) is 4.74 Å². The molecule has 4 heteroatoms. The molecule has 0 atom stereocenters. The average molecular weight is 244 g/mol. The summed E-state index contributed by atoms with van der Waals surface area (Å²) in [4.78, 5) is 11.3. The van der Waals surface area contributed by atoms with Crippen LogP contribution in [0, 0.1) is 0 Å². The molecule has 0 aliphatic rings. The molecule has 0 unspecified atom stereocenters. The lowest BCUT2D eigenvalue weighted by Gasteiger charge is -2.01. The summed E-state index contributed by atoms with van der Waals surface area (Å²) in [5, 5.41) is 4.34. The van der Waals surface area contributed by atoms with Gasteiger partial charge in [0.05, 0.1) is 25.3 Å². The first-order valence-corrected chi connectivity index (χ1v) is 6.00. The Morgan fingerprint density at radius 3 is 2.78 bits per heavy atom. The van der Waals surface area contributed by atoms with Crippen LogP contribution in [0.2, 0.25) is 0 Å². The highest BCUT2D eigenvalue weighted by Gasteiger charge is 2.07. The highest BCUT2D eigenvalue weighted by atomic mass is 16.5. The van der Waals surface area contributed by atoms with E-state index in [9.17, 15) is 4.79 Å². The fourth-order valence-corrected chi connectivity index (χ4v) is 1.72. The van der Waals surface area contributed by atoms with E-state index in [1.54, 1.807) is 6.92 Å². The van der Waals surface area contributed by atoms with Crippen LogP contribution in [0.3, 0.4) is 0 Å². The molecule has 1 aromatic heterocycles. The number of aromatic nitrogens is 2. The monoisotopic (exact) mass is 244 g/mol. The number of benzene rings is 1. The summed E-state index contributed by atoms with van der Waals surface area (Å²) in [6, 6.07) is 11.9. The summed E-state index contributed by atoms with van der Waals surface area (Å²) in [7, 11) is 0. The number of ether oxygens (including phenoxy) is 1. The third kappa shape index (κ3) is 3.45. The van der Waals surface area contributed by atoms with Gasteiger partial charge in [0, 0.05) is 6.20 Å². The van der Waals surface area contributed by atoms with E-state index >= 15 is 0 Å². The zero-order valence-corrected chi connectivity index (χ0v) is 10.4. The van der Waals surface area contributed by atoms with Crippen molar-refractivity contribution in [2.75, 3.05) is 6.61 Å². The number of carbonyl (C=O) groups is 1. The maximum atomic E-state index is 11.3. The summed E-state index contributed by atoms with van der Waals surface area (Å²) >= 11 is 0. The molecule has 0 fully saturated rings. The predicted octanol–water partition coefficient (Wildman–Crippen LogP) is 2.04. The van der Waals surface area contributed by atoms with Crippen molar-refractivity contribution in [3.8, 4) is 0 Å². The third-order valence-corrected chi connectivity index (χ3v) is 2.51. The van der Waals surface area contributed by atoms with Crippen molar-refractivity contribution in [2.45, 2.75) is 19.9 Å². The fourth-order valence-electron chi connectivity index (χ4n) is 1.72. The van der Waals surface area contributed by atoms with Gasteiger partial charge < -0.3 is 4.74 Å². The van der Waals surface area contributed by atoms with Gasteiger partial charge in [0.25, 0.3) is 0 Å². The first kappa shape index (κ1) is 12.4. The third-order valence-electron chi connectivity index (χ3n) is 2.51. The van der Waals surface area contributed by atoms with Gasteiger partial charge >= 0.3 is 5.97 Å². The lowest BCUT2D eigenvalue weighted by molar-refractivity contribution is -0.142. The van der Waals surface area contributed by atoms with Gasteiger partial charge in [-0.05, 0) is 18.6 Å². The lowest BCUT2D eigenvalue weighted by Crippen LogP contribution is -2.09. The van der Waals surface area contributed by atoms with E-state index in [0.29, 0.717) is 13.2 Å². The number of carbonyl (C=O) groups excluding carboxylic acids is 1. The maximum absolute atomic E-state index is 11.3. The quantitative estimate of drug-likeness (QED) is 0.756. The number of esters is 1. The Labute approximate surface area is 106 Å². The molecular weight excluding hydrogens is 228 g/mol. The van der Waals surface area contributed by atoms with Crippen molar-refractivity contribution in [3.05, 3.63) is 53.9 Å². The normalized spacial score (nSPS) is 10.3. The van der Waals surface area contributed by atoms with Crippen molar-refractivity contribution in [2.24, 2.45) is 0 Å². The number of hydrogen-bond donors (Lipinski definition) is 0. The summed E-state index contributed by atoms with van der Waals surface area (Å²) in [6.45, 7) is 2.92. The molecule has 0 aliphatic carbocycles. The topological polar surface area (TPSA) is 44.1 Å². The maximum Gasteiger partial charge on any atom is 0.311 e. The van der Waals surface area contributed by atoms with Crippen molar-refractivity contribution in [3.63, 3.8) is 0 Å². The van der Waals surface area contributed by atoms with Gasteiger partial charge in [0.15, 0.2) is 0 Å². The summed E-state index contributed by atoms with van der Waals surface area (Å²) in [5.74, 6) is -0.234. The standard InChI is InChI=1S/C14H16N2O2/c1-2-18-14(17)10-13-8-9-16(15-13)11-12-6-4-3-5-7-12/h3-9H,2,10-11H2,1H3. The van der Waals surface area contributed by atoms with E-state index in [2.05, 4.69) is 5.10 Å². The number of nitrogens with zero attached hydrogens (tertiary/aromatic N) is 2. The van der Waals surface area contributed by atoms with Gasteiger partial charge in [-0.2, -0.15) is 5.10 Å². The van der Waals surface area contributed by atoms with Gasteiger partial charge in [-0.25, -0.2) is 0 Å². The van der Waals surface area contributed by atoms with Gasteiger partial charge in [0.2, 0.25) is 0 Å². The molecule has 1 heterocycles. The predicted molar refractivity (Wildman–Crippen MR) is 68.1 cm³/mol. The van der Waals surface area contributed by atoms with Crippen LogP contribution < -0.4 is 0 Å². The molecule has 18 heavy (non-hydrogen) atoms. The summed E-state index contributed by atoms with van der Waals surface area (Å²) < 4.78 is 6.71. The molecule has 0 bridgehead atoms. The lowest BCUT2D eigenvalue weighted by atomic mass is 10.2. The highest BCUT2D eigenvalue weighted by molar-refractivity contribution is 5.71. The van der Waals surface area contributed by atoms with Crippen LogP contribution in [-0.4, -0.2) is 22.4 Å².